The van der Waals surface area contributed by atoms with Gasteiger partial charge in [0.25, 0.3) is 0 Å². The molecule has 0 saturated carbocycles. The minimum absolute atomic E-state index is 0.00942. The molecule has 514 valence electrons. The van der Waals surface area contributed by atoms with Gasteiger partial charge in [-0.05, 0) is 87.5 Å². The van der Waals surface area contributed by atoms with E-state index in [-0.39, 0.29) is 63.8 Å². The summed E-state index contributed by atoms with van der Waals surface area (Å²) in [6.07, 6.45) is -5.74. The Morgan fingerprint density at radius 1 is 0.436 bits per heavy atom. The van der Waals surface area contributed by atoms with Gasteiger partial charge in [-0.3, -0.25) is 71.9 Å². The number of benzene rings is 2. The first kappa shape index (κ1) is 76.2. The van der Waals surface area contributed by atoms with Crippen molar-refractivity contribution in [2.24, 2.45) is 5.92 Å². The lowest BCUT2D eigenvalue weighted by atomic mass is 9.96. The molecule has 2 aliphatic heterocycles. The highest BCUT2D eigenvalue weighted by molar-refractivity contribution is 5.99. The standard InChI is InChI=1S/C61H82N10O23/c1-4-32(2)51(69-58(90)44-13-8-28-70(44)59(91)39(20-25-48(78)79)66-55(87)41(30-34-10-6-5-7-11-34)63-45(73)22-27-50(82)83)60(92)71-29-9-12-43(71)57(89)65-38(19-24-47(76)77)54(86)64-37(18-23-46(74)75)53(85)62-33(3)52(84)68-42(31-35-14-16-36(72)17-15-35)56(88)67-40(61(93)94)21-26-49(80)81/h5-7,10-11,14-17,32-33,37-44,51,72H,4,8-9,12-13,18-31H2,1-3H3,(H,62,85)(H,63,73)(H,64,86)(H,65,89)(H,66,87)(H,67,88)(H,68,84)(H,69,90)(H,74,75)(H,76,77)(H,78,79)(H,80,81)(H,82,83)(H,93,94)/t32-,33-,37-,38-,39-,40+,41-,42-,43-,44-,51-/m0/s1. The minimum Gasteiger partial charge on any atom is -0.508 e. The summed E-state index contributed by atoms with van der Waals surface area (Å²) in [6.45, 7) is 4.38. The van der Waals surface area contributed by atoms with Crippen molar-refractivity contribution in [1.82, 2.24) is 52.3 Å². The molecule has 11 atom stereocenters. The zero-order valence-corrected chi connectivity index (χ0v) is 52.0. The maximum absolute atomic E-state index is 14.7. The van der Waals surface area contributed by atoms with Gasteiger partial charge in [-0.15, -0.1) is 0 Å². The normalized spacial score (nSPS) is 17.1. The quantitative estimate of drug-likeness (QED) is 0.0363. The van der Waals surface area contributed by atoms with Crippen molar-refractivity contribution in [3.05, 3.63) is 65.7 Å². The van der Waals surface area contributed by atoms with Crippen molar-refractivity contribution >= 4 is 94.9 Å². The number of hydrogen-bond donors (Lipinski definition) is 15. The summed E-state index contributed by atoms with van der Waals surface area (Å²) in [4.78, 5) is 212. The fraction of sp³-hybridized carbons (Fsp3) is 0.541. The Bertz CT molecular complexity index is 3090. The van der Waals surface area contributed by atoms with Crippen LogP contribution >= 0.6 is 0 Å². The minimum atomic E-state index is -1.80. The summed E-state index contributed by atoms with van der Waals surface area (Å²) in [5, 5.41) is 85.9. The molecule has 0 bridgehead atoms. The molecule has 2 aliphatic rings. The Kier molecular flexibility index (Phi) is 30.3. The first-order chi connectivity index (χ1) is 44.4. The summed E-state index contributed by atoms with van der Waals surface area (Å²) in [7, 11) is 0. The highest BCUT2D eigenvalue weighted by atomic mass is 16.4. The molecule has 4 rings (SSSR count). The van der Waals surface area contributed by atoms with Crippen molar-refractivity contribution < 1.29 is 112 Å². The van der Waals surface area contributed by atoms with E-state index in [0.717, 1.165) is 16.7 Å². The van der Waals surface area contributed by atoms with E-state index < -0.39 is 225 Å². The maximum Gasteiger partial charge on any atom is 0.326 e. The number of carboxylic acid groups (broad SMARTS) is 6. The third-order valence-electron chi connectivity index (χ3n) is 15.8. The van der Waals surface area contributed by atoms with Crippen LogP contribution in [0.2, 0.25) is 0 Å². The van der Waals surface area contributed by atoms with Crippen LogP contribution in [0.1, 0.15) is 128 Å². The van der Waals surface area contributed by atoms with E-state index in [2.05, 4.69) is 42.5 Å². The highest BCUT2D eigenvalue weighted by Crippen LogP contribution is 2.25. The summed E-state index contributed by atoms with van der Waals surface area (Å²) in [6, 6.07) is -1.73. The van der Waals surface area contributed by atoms with Crippen LogP contribution in [0, 0.1) is 5.92 Å². The molecule has 15 N–H and O–H groups in total. The SMILES string of the molecule is CC[C@H](C)[C@H](NC(=O)[C@@H]1CCCN1C(=O)[C@H](CCC(=O)O)NC(=O)[C@H](Cc1ccccc1)NC(=O)CCC(=O)O)C(=O)N1CCC[C@H]1C(=O)N[C@@H](CCC(=O)O)C(=O)N[C@@H](CCC(=O)O)C(=O)N[C@@H](C)C(=O)N[C@@H](Cc1ccc(O)cc1)C(=O)N[C@H](CCC(=O)O)C(=O)O. The molecule has 2 aromatic rings. The van der Waals surface area contributed by atoms with Crippen LogP contribution < -0.4 is 42.5 Å². The number of phenolic OH excluding ortho intramolecular Hbond substituents is 1. The van der Waals surface area contributed by atoms with Crippen molar-refractivity contribution in [3.8, 4) is 5.75 Å². The number of carbonyl (C=O) groups is 16. The van der Waals surface area contributed by atoms with Crippen molar-refractivity contribution in [3.63, 3.8) is 0 Å². The van der Waals surface area contributed by atoms with Gasteiger partial charge in [-0.25, -0.2) is 4.79 Å². The van der Waals surface area contributed by atoms with E-state index in [0.29, 0.717) is 11.1 Å². The first-order valence-electron chi connectivity index (χ1n) is 30.6. The van der Waals surface area contributed by atoms with E-state index in [4.69, 9.17) is 10.2 Å². The number of aromatic hydroxyl groups is 1. The van der Waals surface area contributed by atoms with Gasteiger partial charge in [0.2, 0.25) is 59.1 Å². The summed E-state index contributed by atoms with van der Waals surface area (Å²) in [5.74, 6) is -18.9. The molecule has 33 heteroatoms. The Balaban J connectivity index is 1.52. The average molecular weight is 1320 g/mol. The van der Waals surface area contributed by atoms with E-state index in [1.54, 1.807) is 44.2 Å². The smallest absolute Gasteiger partial charge is 0.326 e. The first-order valence-corrected chi connectivity index (χ1v) is 30.6. The molecule has 10 amide bonds. The lowest BCUT2D eigenvalue weighted by Crippen LogP contribution is -2.61. The molecular formula is C61H82N10O23. The highest BCUT2D eigenvalue weighted by Gasteiger charge is 2.44. The summed E-state index contributed by atoms with van der Waals surface area (Å²) < 4.78 is 0. The number of hydrogen-bond acceptors (Lipinski definition) is 17. The van der Waals surface area contributed by atoms with Crippen LogP contribution in [0.25, 0.3) is 0 Å². The predicted molar refractivity (Wildman–Crippen MR) is 324 cm³/mol. The number of phenols is 1. The zero-order chi connectivity index (χ0) is 69.9. The molecule has 33 nitrogen and oxygen atoms in total. The predicted octanol–water partition coefficient (Wildman–Crippen LogP) is -1.49. The van der Waals surface area contributed by atoms with Crippen LogP contribution in [0.3, 0.4) is 0 Å². The Morgan fingerprint density at radius 3 is 1.34 bits per heavy atom. The lowest BCUT2D eigenvalue weighted by molar-refractivity contribution is -0.146. The third-order valence-corrected chi connectivity index (χ3v) is 15.8. The van der Waals surface area contributed by atoms with Crippen LogP contribution in [-0.2, 0) is 89.6 Å². The molecule has 2 fully saturated rings. The number of amides is 10. The fourth-order valence-electron chi connectivity index (χ4n) is 10.4. The Hall–Kier alpha value is -10.2. The number of rotatable bonds is 39. The second-order valence-corrected chi connectivity index (χ2v) is 22.9. The van der Waals surface area contributed by atoms with Crippen LogP contribution in [0.4, 0.5) is 0 Å². The van der Waals surface area contributed by atoms with E-state index in [1.165, 1.54) is 24.3 Å². The van der Waals surface area contributed by atoms with Gasteiger partial charge < -0.3 is 88.1 Å². The van der Waals surface area contributed by atoms with E-state index in [1.807, 2.05) is 0 Å². The van der Waals surface area contributed by atoms with Gasteiger partial charge >= 0.3 is 35.8 Å². The molecule has 2 saturated heterocycles. The number of carboxylic acids is 6. The topological polar surface area (TPSA) is 517 Å². The second kappa shape index (κ2) is 37.3. The largest absolute Gasteiger partial charge is 0.508 e. The molecule has 0 radical (unpaired) electrons. The number of aliphatic carboxylic acids is 6. The van der Waals surface area contributed by atoms with Crippen molar-refractivity contribution in [2.45, 2.75) is 190 Å². The zero-order valence-electron chi connectivity index (χ0n) is 52.0. The second-order valence-electron chi connectivity index (χ2n) is 22.9. The molecular weight excluding hydrogens is 1240 g/mol. The molecule has 0 unspecified atom stereocenters. The fourth-order valence-corrected chi connectivity index (χ4v) is 10.4. The summed E-state index contributed by atoms with van der Waals surface area (Å²) in [5.41, 5.74) is 0.913. The summed E-state index contributed by atoms with van der Waals surface area (Å²) >= 11 is 0. The van der Waals surface area contributed by atoms with Gasteiger partial charge in [-0.1, -0.05) is 62.7 Å². The van der Waals surface area contributed by atoms with Gasteiger partial charge in [0.15, 0.2) is 0 Å². The maximum atomic E-state index is 14.7. The Labute approximate surface area is 538 Å². The molecule has 2 aromatic carbocycles. The van der Waals surface area contributed by atoms with Crippen LogP contribution in [0.15, 0.2) is 54.6 Å². The van der Waals surface area contributed by atoms with Crippen LogP contribution in [-0.4, -0.2) is 214 Å². The van der Waals surface area contributed by atoms with E-state index in [9.17, 15) is 102 Å². The van der Waals surface area contributed by atoms with Gasteiger partial charge in [0.1, 0.15) is 66.2 Å². The average Bonchev–Trinajstić information content (AvgIpc) is 1.59. The van der Waals surface area contributed by atoms with E-state index >= 15 is 0 Å². The number of nitrogens with zero attached hydrogens (tertiary/aromatic N) is 2. The molecule has 94 heavy (non-hydrogen) atoms. The molecule has 0 aromatic heterocycles. The van der Waals surface area contributed by atoms with Gasteiger partial charge in [0.05, 0.1) is 6.42 Å². The third kappa shape index (κ3) is 24.8. The lowest BCUT2D eigenvalue weighted by Gasteiger charge is -2.34. The number of carbonyl (C=O) groups excluding carboxylic acids is 10. The van der Waals surface area contributed by atoms with Gasteiger partial charge in [0, 0.05) is 58.0 Å². The number of nitrogens with one attached hydrogen (secondary N) is 8. The van der Waals surface area contributed by atoms with Crippen LogP contribution in [0.5, 0.6) is 5.75 Å². The number of likely N-dealkylation sites (tertiary alicyclic amines) is 2. The van der Waals surface area contributed by atoms with Crippen molar-refractivity contribution in [2.75, 3.05) is 13.1 Å². The van der Waals surface area contributed by atoms with Crippen molar-refractivity contribution in [1.29, 1.82) is 0 Å². The van der Waals surface area contributed by atoms with Gasteiger partial charge in [-0.2, -0.15) is 0 Å². The monoisotopic (exact) mass is 1320 g/mol. The molecule has 0 spiro atoms. The molecule has 2 heterocycles. The Morgan fingerprint density at radius 2 is 0.840 bits per heavy atom. The molecule has 0 aliphatic carbocycles.